The van der Waals surface area contributed by atoms with Gasteiger partial charge in [-0.15, -0.1) is 0 Å². The summed E-state index contributed by atoms with van der Waals surface area (Å²) in [5.74, 6) is 0.943. The molecule has 0 aliphatic carbocycles. The van der Waals surface area contributed by atoms with E-state index in [1.165, 1.54) is 0 Å². The number of nitrogens with zero attached hydrogens (tertiary/aromatic N) is 5. The van der Waals surface area contributed by atoms with Crippen LogP contribution in [0.5, 0.6) is 0 Å². The third-order valence-corrected chi connectivity index (χ3v) is 4.74. The molecule has 7 heteroatoms. The molecule has 3 rings (SSSR count). The third-order valence-electron chi connectivity index (χ3n) is 4.74. The number of aromatic nitrogens is 3. The minimum absolute atomic E-state index is 0.0625. The lowest BCUT2D eigenvalue weighted by Gasteiger charge is -2.34. The predicted octanol–water partition coefficient (Wildman–Crippen LogP) is 2.20. The maximum Gasteiger partial charge on any atom is 0.257 e. The average Bonchev–Trinajstić information content (AvgIpc) is 3.17. The molecule has 25 heavy (non-hydrogen) atoms. The molecule has 0 bridgehead atoms. The second kappa shape index (κ2) is 6.63. The lowest BCUT2D eigenvalue weighted by Crippen LogP contribution is -2.48. The van der Waals surface area contributed by atoms with Crippen molar-refractivity contribution in [3.05, 3.63) is 35.0 Å². The van der Waals surface area contributed by atoms with E-state index in [9.17, 15) is 4.79 Å². The van der Waals surface area contributed by atoms with Crippen LogP contribution in [0.4, 0.5) is 0 Å². The first-order chi connectivity index (χ1) is 11.8. The molecule has 2 aromatic rings. The van der Waals surface area contributed by atoms with Gasteiger partial charge in [0.05, 0.1) is 23.0 Å². The van der Waals surface area contributed by atoms with E-state index in [1.54, 1.807) is 6.20 Å². The maximum atomic E-state index is 12.7. The minimum Gasteiger partial charge on any atom is -0.361 e. The Morgan fingerprint density at radius 3 is 2.40 bits per heavy atom. The van der Waals surface area contributed by atoms with Gasteiger partial charge in [-0.05, 0) is 34.6 Å². The molecule has 1 fully saturated rings. The summed E-state index contributed by atoms with van der Waals surface area (Å²) in [4.78, 5) is 17.0. The fourth-order valence-corrected chi connectivity index (χ4v) is 3.04. The summed E-state index contributed by atoms with van der Waals surface area (Å²) in [5, 5.41) is 8.34. The fraction of sp³-hybridized carbons (Fsp3) is 0.611. The van der Waals surface area contributed by atoms with Gasteiger partial charge in [0.25, 0.3) is 5.91 Å². The zero-order chi connectivity index (χ0) is 18.2. The summed E-state index contributed by atoms with van der Waals surface area (Å²) in [6.07, 6.45) is 3.52. The van der Waals surface area contributed by atoms with E-state index < -0.39 is 0 Å². The Bertz CT molecular complexity index is 728. The van der Waals surface area contributed by atoms with E-state index in [0.717, 1.165) is 49.7 Å². The van der Waals surface area contributed by atoms with E-state index in [-0.39, 0.29) is 11.4 Å². The third kappa shape index (κ3) is 3.76. The topological polar surface area (TPSA) is 67.4 Å². The molecule has 0 atom stereocenters. The van der Waals surface area contributed by atoms with Gasteiger partial charge in [-0.25, -0.2) is 0 Å². The van der Waals surface area contributed by atoms with E-state index in [1.807, 2.05) is 29.6 Å². The van der Waals surface area contributed by atoms with Crippen LogP contribution in [0.2, 0.25) is 0 Å². The number of piperazine rings is 1. The number of hydrogen-bond donors (Lipinski definition) is 0. The smallest absolute Gasteiger partial charge is 0.257 e. The Labute approximate surface area is 148 Å². The second-order valence-electron chi connectivity index (χ2n) is 7.72. The largest absolute Gasteiger partial charge is 0.361 e. The van der Waals surface area contributed by atoms with Crippen LogP contribution < -0.4 is 0 Å². The predicted molar refractivity (Wildman–Crippen MR) is 94.4 cm³/mol. The average molecular weight is 345 g/mol. The van der Waals surface area contributed by atoms with Gasteiger partial charge in [0.1, 0.15) is 5.76 Å². The summed E-state index contributed by atoms with van der Waals surface area (Å²) in [6, 6.07) is 0. The van der Waals surface area contributed by atoms with Crippen LogP contribution in [0.15, 0.2) is 16.9 Å². The van der Waals surface area contributed by atoms with Crippen molar-refractivity contribution in [3.63, 3.8) is 0 Å². The molecule has 0 unspecified atom stereocenters. The van der Waals surface area contributed by atoms with Crippen LogP contribution in [0.1, 0.15) is 48.1 Å². The quantitative estimate of drug-likeness (QED) is 0.853. The standard InChI is InChI=1S/C18H27N5O2/c1-13-16(14(2)25-20-13)12-21-6-8-22(9-7-21)17(24)15-10-19-23(11-15)18(3,4)5/h10-11H,6-9,12H2,1-5H3. The highest BCUT2D eigenvalue weighted by molar-refractivity contribution is 5.93. The highest BCUT2D eigenvalue weighted by Gasteiger charge is 2.25. The van der Waals surface area contributed by atoms with Crippen molar-refractivity contribution >= 4 is 5.91 Å². The molecule has 0 spiro atoms. The number of aryl methyl sites for hydroxylation is 2. The summed E-state index contributed by atoms with van der Waals surface area (Å²) < 4.78 is 7.07. The molecule has 7 nitrogen and oxygen atoms in total. The van der Waals surface area contributed by atoms with Crippen molar-refractivity contribution < 1.29 is 9.32 Å². The van der Waals surface area contributed by atoms with Crippen molar-refractivity contribution in [1.82, 2.24) is 24.7 Å². The van der Waals surface area contributed by atoms with Gasteiger partial charge in [-0.3, -0.25) is 14.4 Å². The van der Waals surface area contributed by atoms with Crippen molar-refractivity contribution in [1.29, 1.82) is 0 Å². The molecule has 0 aromatic carbocycles. The lowest BCUT2D eigenvalue weighted by molar-refractivity contribution is 0.0627. The molecule has 1 aliphatic rings. The number of carbonyl (C=O) groups is 1. The van der Waals surface area contributed by atoms with Crippen molar-refractivity contribution in [3.8, 4) is 0 Å². The van der Waals surface area contributed by atoms with E-state index in [4.69, 9.17) is 4.52 Å². The first kappa shape index (κ1) is 17.7. The van der Waals surface area contributed by atoms with Crippen molar-refractivity contribution in [2.24, 2.45) is 0 Å². The van der Waals surface area contributed by atoms with Gasteiger partial charge in [-0.1, -0.05) is 5.16 Å². The molecule has 1 amide bonds. The van der Waals surface area contributed by atoms with Gasteiger partial charge in [0.2, 0.25) is 0 Å². The normalized spacial score (nSPS) is 16.4. The SMILES string of the molecule is Cc1noc(C)c1CN1CCN(C(=O)c2cnn(C(C)(C)C)c2)CC1. The summed E-state index contributed by atoms with van der Waals surface area (Å²) in [7, 11) is 0. The zero-order valence-corrected chi connectivity index (χ0v) is 15.7. The first-order valence-electron chi connectivity index (χ1n) is 8.74. The van der Waals surface area contributed by atoms with Crippen LogP contribution in [0.25, 0.3) is 0 Å². The van der Waals surface area contributed by atoms with E-state index in [0.29, 0.717) is 5.56 Å². The number of hydrogen-bond acceptors (Lipinski definition) is 5. The maximum absolute atomic E-state index is 12.7. The lowest BCUT2D eigenvalue weighted by atomic mass is 10.1. The van der Waals surface area contributed by atoms with E-state index in [2.05, 4.69) is 35.9 Å². The second-order valence-corrected chi connectivity index (χ2v) is 7.72. The van der Waals surface area contributed by atoms with Crippen molar-refractivity contribution in [2.75, 3.05) is 26.2 Å². The molecule has 1 aliphatic heterocycles. The Hall–Kier alpha value is -2.15. The summed E-state index contributed by atoms with van der Waals surface area (Å²) in [6.45, 7) is 14.1. The molecule has 0 saturated carbocycles. The highest BCUT2D eigenvalue weighted by atomic mass is 16.5. The fourth-order valence-electron chi connectivity index (χ4n) is 3.04. The summed E-state index contributed by atoms with van der Waals surface area (Å²) >= 11 is 0. The highest BCUT2D eigenvalue weighted by Crippen LogP contribution is 2.18. The molecular formula is C18H27N5O2. The minimum atomic E-state index is -0.119. The molecule has 0 radical (unpaired) electrons. The molecule has 136 valence electrons. The van der Waals surface area contributed by atoms with E-state index >= 15 is 0 Å². The number of amides is 1. The van der Waals surface area contributed by atoms with Gasteiger partial charge in [0, 0.05) is 44.5 Å². The zero-order valence-electron chi connectivity index (χ0n) is 15.7. The van der Waals surface area contributed by atoms with Gasteiger partial charge < -0.3 is 9.42 Å². The Morgan fingerprint density at radius 1 is 1.20 bits per heavy atom. The van der Waals surface area contributed by atoms with Gasteiger partial charge in [-0.2, -0.15) is 5.10 Å². The first-order valence-corrected chi connectivity index (χ1v) is 8.74. The van der Waals surface area contributed by atoms with Crippen LogP contribution in [-0.4, -0.2) is 56.8 Å². The van der Waals surface area contributed by atoms with Crippen molar-refractivity contribution in [2.45, 2.75) is 46.7 Å². The number of carbonyl (C=O) groups excluding carboxylic acids is 1. The van der Waals surface area contributed by atoms with Crippen LogP contribution in [0.3, 0.4) is 0 Å². The molecular weight excluding hydrogens is 318 g/mol. The number of rotatable bonds is 3. The summed E-state index contributed by atoms with van der Waals surface area (Å²) in [5.41, 5.74) is 2.65. The Morgan fingerprint density at radius 2 is 1.88 bits per heavy atom. The Balaban J connectivity index is 1.58. The monoisotopic (exact) mass is 345 g/mol. The molecule has 0 N–H and O–H groups in total. The van der Waals surface area contributed by atoms with Gasteiger partial charge in [0.15, 0.2) is 0 Å². The van der Waals surface area contributed by atoms with Crippen LogP contribution >= 0.6 is 0 Å². The molecule has 2 aromatic heterocycles. The Kier molecular flexibility index (Phi) is 4.69. The molecule has 3 heterocycles. The van der Waals surface area contributed by atoms with Crippen LogP contribution in [-0.2, 0) is 12.1 Å². The van der Waals surface area contributed by atoms with Crippen LogP contribution in [0, 0.1) is 13.8 Å². The van der Waals surface area contributed by atoms with Gasteiger partial charge >= 0.3 is 0 Å². The molecule has 1 saturated heterocycles.